The number of carbonyl (C=O) groups excluding carboxylic acids is 11. The number of phenols is 2. The number of hydrogen-bond donors (Lipinski definition) is 26. The second-order valence-corrected chi connectivity index (χ2v) is 34.3. The van der Waals surface area contributed by atoms with Gasteiger partial charge >= 0.3 is 5.97 Å². The monoisotopic (exact) mass is 1840 g/mol. The molecule has 2 aliphatic carbocycles. The van der Waals surface area contributed by atoms with Crippen LogP contribution in [-0.2, 0) is 79.9 Å². The lowest BCUT2D eigenvalue weighted by Crippen LogP contribution is -2.60. The number of unbranched alkanes of at least 4 members (excludes halogenated alkanes) is 3. The van der Waals surface area contributed by atoms with Crippen LogP contribution >= 0.6 is 23.5 Å². The summed E-state index contributed by atoms with van der Waals surface area (Å²) >= 11 is 2.28. The van der Waals surface area contributed by atoms with E-state index in [1.165, 1.54) is 31.0 Å². The fraction of sp³-hybridized carbons (Fsp3) is 0.541. The number of aromatic nitrogens is 2. The highest BCUT2D eigenvalue weighted by molar-refractivity contribution is 7.99. The molecule has 4 heterocycles. The number of nitrogens with one attached hydrogen (secondary N) is 15. The van der Waals surface area contributed by atoms with Crippen LogP contribution in [0.5, 0.6) is 29.0 Å². The van der Waals surface area contributed by atoms with Crippen LogP contribution in [0.3, 0.4) is 0 Å². The molecule has 2 saturated heterocycles. The third-order valence-electron chi connectivity index (χ3n) is 23.0. The van der Waals surface area contributed by atoms with Crippen LogP contribution < -0.4 is 109 Å². The Morgan fingerprint density at radius 2 is 1.13 bits per heavy atom. The number of nitrogens with zero attached hydrogens (tertiary/aromatic N) is 1. The molecule has 3 aromatic carbocycles. The number of rotatable bonds is 54. The van der Waals surface area contributed by atoms with Gasteiger partial charge in [-0.2, -0.15) is 11.8 Å². The van der Waals surface area contributed by atoms with Crippen molar-refractivity contribution in [2.24, 2.45) is 52.0 Å². The van der Waals surface area contributed by atoms with E-state index < -0.39 is 143 Å². The van der Waals surface area contributed by atoms with E-state index in [1.807, 2.05) is 18.2 Å². The Balaban J connectivity index is 0.794. The summed E-state index contributed by atoms with van der Waals surface area (Å²) in [7, 11) is 1.37. The highest BCUT2D eigenvalue weighted by Gasteiger charge is 2.56. The molecule has 42 nitrogen and oxygen atoms in total. The van der Waals surface area contributed by atoms with Gasteiger partial charge in [-0.25, -0.2) is 0 Å². The van der Waals surface area contributed by atoms with E-state index in [9.17, 15) is 73.2 Å². The Labute approximate surface area is 754 Å². The second kappa shape index (κ2) is 50.2. The average Bonchev–Trinajstić information content (AvgIpc) is 1.55. The zero-order chi connectivity index (χ0) is 93.4. The molecule has 0 spiro atoms. The Morgan fingerprint density at radius 1 is 0.605 bits per heavy atom. The van der Waals surface area contributed by atoms with Gasteiger partial charge in [0.1, 0.15) is 49.1 Å². The van der Waals surface area contributed by atoms with Gasteiger partial charge in [0.2, 0.25) is 70.7 Å². The van der Waals surface area contributed by atoms with Gasteiger partial charge in [-0.3, -0.25) is 68.1 Å². The number of cyclic esters (lactones) is 1. The Morgan fingerprint density at radius 3 is 1.70 bits per heavy atom. The van der Waals surface area contributed by atoms with Crippen molar-refractivity contribution < 1.29 is 92.1 Å². The summed E-state index contributed by atoms with van der Waals surface area (Å²) in [6, 6.07) is 7.75. The number of H-pyrrole nitrogens is 1. The molecular formula is C85H125N23O19S2. The molecule has 10 amide bonds. The number of nitrogens with two attached hydrogens (primary N) is 7. The van der Waals surface area contributed by atoms with E-state index >= 15 is 0 Å². The van der Waals surface area contributed by atoms with E-state index in [2.05, 4.69) is 68.8 Å². The number of hydrogen-bond acceptors (Lipinski definition) is 28. The largest absolute Gasteiger partial charge is 0.504 e. The van der Waals surface area contributed by atoms with Gasteiger partial charge in [0.25, 0.3) is 0 Å². The number of primary amides is 1. The van der Waals surface area contributed by atoms with Crippen molar-refractivity contribution in [1.29, 1.82) is 10.8 Å². The molecule has 2 unspecified atom stereocenters. The number of para-hydroxylation sites is 1. The van der Waals surface area contributed by atoms with Crippen molar-refractivity contribution in [3.63, 3.8) is 0 Å². The van der Waals surface area contributed by atoms with Crippen molar-refractivity contribution in [3.05, 3.63) is 95.2 Å². The molecule has 0 radical (unpaired) electrons. The van der Waals surface area contributed by atoms with Crippen LogP contribution in [0.15, 0.2) is 89.0 Å². The van der Waals surface area contributed by atoms with Gasteiger partial charge in [-0.1, -0.05) is 23.8 Å². The molecule has 44 heteroatoms. The standard InChI is InChI=1S/C85H125N23O19S2/c1-124-65-37-45(36-62(109)73(65)113)70-50-38-63-64(127-44-126-63)39-51(50)72(52-42-125-83(123)71(52)70)100-48-22-20-47(21-23-48)99-68(111)25-33-108-69(112)40-66(82(108)122)129-43-53(89)75(115)95-32-24-67(110)101-56(18-11-30-96-84(91)92)76(116)104-59(19-12-31-97-85(93)94)78(118)106-60(26-34-128-2)80(120)103-58(17-7-10-29-88)79(119)107-61(35-46-41-98-54-14-4-3-13-49(46)54)81(121)105-57(16-6-9-28-87)77(117)102-55(74(90)114)15-5-8-27-86/h3-4,13-14,20-23,36-37,40-41,52-53,55-61,63-64,70-72,98,100,109,112-113,122H,5-12,15-19,24-35,38-39,42-44,86-89H2,1-2H3,(H2,90,114)(H,95,115)(H,99,111)(H,101,110)(H,102,117)(H,103,120)(H,104,116)(H,105,121)(H,106,118)(H,107,119)(H4,91,92,96)(H4,93,94,97)/t52-,53-,55-,56-,57-,58-,59-,60-,61-,63?,64?,70+,71-,72+/m0/s1. The number of fused-ring (bicyclic) bond motifs is 3. The zero-order valence-electron chi connectivity index (χ0n) is 72.4. The maximum absolute atomic E-state index is 14.9. The zero-order valence-corrected chi connectivity index (χ0v) is 74.1. The number of ether oxygens (including phenoxy) is 4. The van der Waals surface area contributed by atoms with Gasteiger partial charge < -0.3 is 148 Å². The summed E-state index contributed by atoms with van der Waals surface area (Å²) in [6.45, 7) is 0.784. The quantitative estimate of drug-likeness (QED) is 0.00454. The summed E-state index contributed by atoms with van der Waals surface area (Å²) in [5.74, 6) is -11.5. The van der Waals surface area contributed by atoms with Crippen LogP contribution in [-0.4, -0.2) is 251 Å². The number of esters is 1. The number of amides is 10. The van der Waals surface area contributed by atoms with Crippen LogP contribution in [0, 0.1) is 22.7 Å². The molecule has 9 rings (SSSR count). The minimum atomic E-state index is -1.42. The van der Waals surface area contributed by atoms with Gasteiger partial charge in [0.15, 0.2) is 29.3 Å². The van der Waals surface area contributed by atoms with Crippen molar-refractivity contribution in [1.82, 2.24) is 62.7 Å². The number of benzene rings is 3. The molecule has 2 fully saturated rings. The van der Waals surface area contributed by atoms with E-state index in [0.717, 1.165) is 38.4 Å². The molecule has 0 saturated carbocycles. The Hall–Kier alpha value is -11.8. The van der Waals surface area contributed by atoms with Crippen molar-refractivity contribution in [2.45, 2.75) is 206 Å². The molecule has 706 valence electrons. The summed E-state index contributed by atoms with van der Waals surface area (Å²) in [5, 5.41) is 93.2. The number of anilines is 2. The molecule has 33 N–H and O–H groups in total. The molecular weight excluding hydrogens is 1710 g/mol. The van der Waals surface area contributed by atoms with Crippen molar-refractivity contribution in [2.75, 3.05) is 88.2 Å². The number of aromatic amines is 1. The molecule has 14 atom stereocenters. The fourth-order valence-electron chi connectivity index (χ4n) is 16.2. The number of methoxy groups -OCH3 is 1. The molecule has 5 aromatic rings. The molecule has 129 heavy (non-hydrogen) atoms. The van der Waals surface area contributed by atoms with Gasteiger partial charge in [0.05, 0.1) is 48.8 Å². The van der Waals surface area contributed by atoms with E-state index in [4.69, 9.17) is 69.9 Å². The van der Waals surface area contributed by atoms with E-state index in [-0.39, 0.29) is 182 Å². The maximum Gasteiger partial charge on any atom is 0.310 e. The average molecular weight is 1840 g/mol. The normalized spacial score (nSPS) is 18.6. The highest BCUT2D eigenvalue weighted by atomic mass is 32.2. The predicted octanol–water partition coefficient (Wildman–Crippen LogP) is -0.258. The Kier molecular flexibility index (Phi) is 39.3. The van der Waals surface area contributed by atoms with Crippen LogP contribution in [0.1, 0.15) is 133 Å². The third-order valence-corrected chi connectivity index (χ3v) is 24.8. The lowest BCUT2D eigenvalue weighted by atomic mass is 9.61. The smallest absolute Gasteiger partial charge is 0.310 e. The number of phenolic OH excluding ortho intramolecular Hbond substituents is 2. The minimum Gasteiger partial charge on any atom is -0.504 e. The van der Waals surface area contributed by atoms with Crippen LogP contribution in [0.2, 0.25) is 0 Å². The topological polar surface area (TPSA) is 701 Å². The van der Waals surface area contributed by atoms with Gasteiger partial charge in [0, 0.05) is 97.6 Å². The molecule has 2 aliphatic heterocycles. The number of guanidine groups is 2. The number of thioether (sulfide) groups is 2. The first-order chi connectivity index (χ1) is 61.9. The number of carbonyl (C=O) groups is 11. The van der Waals surface area contributed by atoms with Crippen LogP contribution in [0.25, 0.3) is 10.9 Å². The molecule has 4 aliphatic rings. The van der Waals surface area contributed by atoms with Gasteiger partial charge in [-0.15, -0.1) is 11.8 Å². The summed E-state index contributed by atoms with van der Waals surface area (Å²) in [5.41, 5.74) is 45.5. The SMILES string of the molecule is COc1cc([C@@H]2C3=C(CC4OCOC4C3)[C@@H](Nc3ccc(NC(=O)CCn4c(O)cc(SC[C@H](N)C(=O)NCCC(=O)N[C@@H](CCCNC(=N)N)C(=O)N[C@@H](CCCNC(=N)N)C(=O)N[C@@H](CCSC)C(=O)N[C@@H](CCCCN)C(=O)N[C@@H](Cc5c[nH]c6ccccc56)C(=O)N[C@@H](CCCCN)C(=O)N[C@@H](CCCCN)C(N)=O)c4O)cc3)[C@H]3COC(=O)[C@@H]32)cc(O)c1O. The summed E-state index contributed by atoms with van der Waals surface area (Å²) in [6.07, 6.45) is 6.25. The lowest BCUT2D eigenvalue weighted by molar-refractivity contribution is -0.142. The van der Waals surface area contributed by atoms with Gasteiger partial charge in [-0.05, 0) is 194 Å². The first-order valence-electron chi connectivity index (χ1n) is 43.3. The first-order valence-corrected chi connectivity index (χ1v) is 45.7. The van der Waals surface area contributed by atoms with Crippen molar-refractivity contribution >= 4 is 123 Å². The lowest BCUT2D eigenvalue weighted by Gasteiger charge is -2.45. The predicted molar refractivity (Wildman–Crippen MR) is 484 cm³/mol. The highest BCUT2D eigenvalue weighted by Crippen LogP contribution is 2.56. The van der Waals surface area contributed by atoms with Crippen LogP contribution in [0.4, 0.5) is 11.4 Å². The van der Waals surface area contributed by atoms with Crippen molar-refractivity contribution in [3.8, 4) is 29.0 Å². The number of aromatic hydroxyl groups is 4. The summed E-state index contributed by atoms with van der Waals surface area (Å²) in [4.78, 5) is 158. The fourth-order valence-corrected chi connectivity index (χ4v) is 17.6. The third kappa shape index (κ3) is 29.1. The van der Waals surface area contributed by atoms with E-state index in [0.29, 0.717) is 86.2 Å². The summed E-state index contributed by atoms with van der Waals surface area (Å²) < 4.78 is 24.2. The maximum atomic E-state index is 14.9. The molecule has 2 aromatic heterocycles. The second-order valence-electron chi connectivity index (χ2n) is 32.2. The van der Waals surface area contributed by atoms with E-state index in [1.54, 1.807) is 48.9 Å². The molecule has 0 bridgehead atoms. The first kappa shape index (κ1) is 101. The minimum absolute atomic E-state index is 0.00225. The Bertz CT molecular complexity index is 4750.